The van der Waals surface area contributed by atoms with Crippen molar-refractivity contribution in [3.8, 4) is 5.82 Å². The van der Waals surface area contributed by atoms with Crippen LogP contribution in [0.5, 0.6) is 0 Å². The molecule has 1 aliphatic carbocycles. The summed E-state index contributed by atoms with van der Waals surface area (Å²) in [4.78, 5) is 19.8. The van der Waals surface area contributed by atoms with Gasteiger partial charge in [-0.25, -0.2) is 14.8 Å². The second kappa shape index (κ2) is 5.20. The quantitative estimate of drug-likeness (QED) is 0.764. The van der Waals surface area contributed by atoms with E-state index in [9.17, 15) is 9.90 Å². The lowest BCUT2D eigenvalue weighted by Gasteiger charge is -2.10. The average molecular weight is 330 g/mol. The van der Waals surface area contributed by atoms with Gasteiger partial charge >= 0.3 is 5.97 Å². The number of anilines is 1. The van der Waals surface area contributed by atoms with Gasteiger partial charge in [-0.2, -0.15) is 9.78 Å². The number of carboxylic acid groups (broad SMARTS) is 1. The Morgan fingerprint density at radius 1 is 1.26 bits per heavy atom. The van der Waals surface area contributed by atoms with Crippen LogP contribution in [0.4, 0.5) is 5.69 Å². The molecule has 1 saturated carbocycles. The lowest BCUT2D eigenvalue weighted by molar-refractivity contribution is 0.0697. The fourth-order valence-electron chi connectivity index (χ4n) is 2.36. The Bertz CT molecular complexity index is 919. The Hall–Kier alpha value is -2.67. The molecule has 2 N–H and O–H groups in total. The van der Waals surface area contributed by atoms with Gasteiger partial charge in [0.2, 0.25) is 0 Å². The summed E-state index contributed by atoms with van der Waals surface area (Å²) in [5.74, 6) is -0.509. The molecule has 0 amide bonds. The molecule has 23 heavy (non-hydrogen) atoms. The summed E-state index contributed by atoms with van der Waals surface area (Å²) in [5, 5.41) is 18.1. The average Bonchev–Trinajstić information content (AvgIpc) is 3.24. The summed E-state index contributed by atoms with van der Waals surface area (Å²) in [5.41, 5.74) is 1.30. The first-order valence-electron chi connectivity index (χ1n) is 7.11. The highest BCUT2D eigenvalue weighted by atomic mass is 35.5. The van der Waals surface area contributed by atoms with Crippen molar-refractivity contribution >= 4 is 34.3 Å². The topological polar surface area (TPSA) is 92.9 Å². The van der Waals surface area contributed by atoms with Crippen LogP contribution in [0.1, 0.15) is 23.2 Å². The van der Waals surface area contributed by atoms with E-state index < -0.39 is 5.97 Å². The summed E-state index contributed by atoms with van der Waals surface area (Å²) in [6.07, 6.45) is 6.61. The van der Waals surface area contributed by atoms with Crippen molar-refractivity contribution in [2.24, 2.45) is 0 Å². The standard InChI is InChI=1S/C15H12ClN5O2/c16-9-3-8-5-19-21(14(8)18-6-9)13-4-12(20-10-1-2-10)11(7-17-13)15(22)23/h3-7,10H,1-2H2,(H,17,20)(H,22,23). The summed E-state index contributed by atoms with van der Waals surface area (Å²) in [6, 6.07) is 3.78. The van der Waals surface area contributed by atoms with Crippen LogP contribution in [0.2, 0.25) is 5.02 Å². The number of fused-ring (bicyclic) bond motifs is 1. The van der Waals surface area contributed by atoms with E-state index in [1.807, 2.05) is 0 Å². The number of halogens is 1. The van der Waals surface area contributed by atoms with E-state index >= 15 is 0 Å². The molecule has 3 aromatic rings. The number of rotatable bonds is 4. The third-order valence-corrected chi connectivity index (χ3v) is 3.86. The molecule has 0 unspecified atom stereocenters. The minimum absolute atomic E-state index is 0.146. The van der Waals surface area contributed by atoms with Gasteiger partial charge in [0.1, 0.15) is 5.56 Å². The highest BCUT2D eigenvalue weighted by Gasteiger charge is 2.24. The largest absolute Gasteiger partial charge is 0.478 e. The molecule has 3 aromatic heterocycles. The molecule has 0 spiro atoms. The molecule has 0 radical (unpaired) electrons. The molecule has 0 aromatic carbocycles. The SMILES string of the molecule is O=C(O)c1cnc(-n2ncc3cc(Cl)cnc32)cc1NC1CC1. The van der Waals surface area contributed by atoms with E-state index in [0.29, 0.717) is 28.2 Å². The molecule has 0 saturated heterocycles. The van der Waals surface area contributed by atoms with Crippen LogP contribution in [-0.2, 0) is 0 Å². The number of aromatic nitrogens is 4. The van der Waals surface area contributed by atoms with E-state index in [-0.39, 0.29) is 5.56 Å². The Morgan fingerprint density at radius 3 is 2.83 bits per heavy atom. The fourth-order valence-corrected chi connectivity index (χ4v) is 2.53. The molecule has 4 rings (SSSR count). The first-order chi connectivity index (χ1) is 11.1. The molecule has 116 valence electrons. The lowest BCUT2D eigenvalue weighted by atomic mass is 10.2. The number of nitrogens with one attached hydrogen (secondary N) is 1. The molecular formula is C15H12ClN5O2. The molecule has 0 aliphatic heterocycles. The molecule has 3 heterocycles. The Labute approximate surface area is 135 Å². The smallest absolute Gasteiger partial charge is 0.339 e. The highest BCUT2D eigenvalue weighted by molar-refractivity contribution is 6.31. The third kappa shape index (κ3) is 2.59. The maximum atomic E-state index is 11.3. The molecule has 8 heteroatoms. The van der Waals surface area contributed by atoms with E-state index in [2.05, 4.69) is 20.4 Å². The van der Waals surface area contributed by atoms with Gasteiger partial charge in [0, 0.05) is 29.9 Å². The normalized spacial score (nSPS) is 14.1. The third-order valence-electron chi connectivity index (χ3n) is 3.65. The van der Waals surface area contributed by atoms with Gasteiger partial charge in [0.15, 0.2) is 11.5 Å². The van der Waals surface area contributed by atoms with Gasteiger partial charge < -0.3 is 10.4 Å². The monoisotopic (exact) mass is 329 g/mol. The zero-order valence-electron chi connectivity index (χ0n) is 11.9. The first-order valence-corrected chi connectivity index (χ1v) is 7.49. The van der Waals surface area contributed by atoms with Crippen LogP contribution in [0.15, 0.2) is 30.7 Å². The lowest BCUT2D eigenvalue weighted by Crippen LogP contribution is -2.11. The van der Waals surface area contributed by atoms with Crippen molar-refractivity contribution < 1.29 is 9.90 Å². The molecule has 7 nitrogen and oxygen atoms in total. The van der Waals surface area contributed by atoms with Gasteiger partial charge in [-0.3, -0.25) is 0 Å². The van der Waals surface area contributed by atoms with Crippen molar-refractivity contribution in [3.63, 3.8) is 0 Å². The highest BCUT2D eigenvalue weighted by Crippen LogP contribution is 2.28. The maximum Gasteiger partial charge on any atom is 0.339 e. The Morgan fingerprint density at radius 2 is 2.09 bits per heavy atom. The summed E-state index contributed by atoms with van der Waals surface area (Å²) in [6.45, 7) is 0. The molecule has 1 fully saturated rings. The zero-order chi connectivity index (χ0) is 16.0. The molecule has 0 bridgehead atoms. The number of pyridine rings is 2. The van der Waals surface area contributed by atoms with Gasteiger partial charge in [0.25, 0.3) is 0 Å². The summed E-state index contributed by atoms with van der Waals surface area (Å²) in [7, 11) is 0. The number of hydrogen-bond acceptors (Lipinski definition) is 5. The van der Waals surface area contributed by atoms with Crippen molar-refractivity contribution in [1.82, 2.24) is 19.7 Å². The van der Waals surface area contributed by atoms with Crippen molar-refractivity contribution in [3.05, 3.63) is 41.3 Å². The van der Waals surface area contributed by atoms with Gasteiger partial charge in [-0.1, -0.05) is 11.6 Å². The van der Waals surface area contributed by atoms with Gasteiger partial charge in [0.05, 0.1) is 16.9 Å². The first kappa shape index (κ1) is 14.0. The van der Waals surface area contributed by atoms with Crippen LogP contribution in [0, 0.1) is 0 Å². The van der Waals surface area contributed by atoms with Crippen molar-refractivity contribution in [2.45, 2.75) is 18.9 Å². The second-order valence-corrected chi connectivity index (χ2v) is 5.87. The second-order valence-electron chi connectivity index (χ2n) is 5.43. The van der Waals surface area contributed by atoms with Crippen LogP contribution >= 0.6 is 11.6 Å². The number of carboxylic acids is 1. The Balaban J connectivity index is 1.82. The number of nitrogens with zero attached hydrogens (tertiary/aromatic N) is 4. The van der Waals surface area contributed by atoms with Crippen LogP contribution in [0.25, 0.3) is 16.9 Å². The van der Waals surface area contributed by atoms with Crippen LogP contribution < -0.4 is 5.32 Å². The predicted octanol–water partition coefficient (Wildman–Crippen LogP) is 2.74. The van der Waals surface area contributed by atoms with E-state index in [4.69, 9.17) is 11.6 Å². The molecular weight excluding hydrogens is 318 g/mol. The zero-order valence-corrected chi connectivity index (χ0v) is 12.7. The molecule has 1 aliphatic rings. The number of carbonyl (C=O) groups is 1. The van der Waals surface area contributed by atoms with Crippen LogP contribution in [-0.4, -0.2) is 36.9 Å². The Kier molecular flexibility index (Phi) is 3.16. The van der Waals surface area contributed by atoms with E-state index in [1.165, 1.54) is 12.4 Å². The molecule has 0 atom stereocenters. The number of hydrogen-bond donors (Lipinski definition) is 2. The fraction of sp³-hybridized carbons (Fsp3) is 0.200. The van der Waals surface area contributed by atoms with E-state index in [0.717, 1.165) is 18.2 Å². The van der Waals surface area contributed by atoms with Crippen molar-refractivity contribution in [2.75, 3.05) is 5.32 Å². The maximum absolute atomic E-state index is 11.3. The number of aromatic carboxylic acids is 1. The summed E-state index contributed by atoms with van der Waals surface area (Å²) < 4.78 is 1.56. The van der Waals surface area contributed by atoms with Gasteiger partial charge in [-0.15, -0.1) is 0 Å². The summed E-state index contributed by atoms with van der Waals surface area (Å²) >= 11 is 5.93. The van der Waals surface area contributed by atoms with E-state index in [1.54, 1.807) is 23.0 Å². The predicted molar refractivity (Wildman–Crippen MR) is 85.3 cm³/mol. The van der Waals surface area contributed by atoms with Crippen molar-refractivity contribution in [1.29, 1.82) is 0 Å². The minimum atomic E-state index is -1.01. The van der Waals surface area contributed by atoms with Crippen LogP contribution in [0.3, 0.4) is 0 Å². The minimum Gasteiger partial charge on any atom is -0.478 e. The van der Waals surface area contributed by atoms with Gasteiger partial charge in [-0.05, 0) is 18.9 Å².